The highest BCUT2D eigenvalue weighted by atomic mass is 32.1. The van der Waals surface area contributed by atoms with Gasteiger partial charge in [0.15, 0.2) is 18.1 Å². The molecule has 2 heterocycles. The van der Waals surface area contributed by atoms with Crippen molar-refractivity contribution in [1.82, 2.24) is 10.9 Å². The summed E-state index contributed by atoms with van der Waals surface area (Å²) < 4.78 is 10.6. The molecule has 148 valence electrons. The van der Waals surface area contributed by atoms with E-state index in [-0.39, 0.29) is 19.3 Å². The first-order valence-electron chi connectivity index (χ1n) is 8.73. The van der Waals surface area contributed by atoms with Crippen LogP contribution in [-0.4, -0.2) is 30.9 Å². The number of aryl methyl sites for hydroxylation is 2. The Morgan fingerprint density at radius 2 is 2.00 bits per heavy atom. The van der Waals surface area contributed by atoms with Gasteiger partial charge in [-0.1, -0.05) is 12.1 Å². The molecule has 0 saturated carbocycles. The van der Waals surface area contributed by atoms with Crippen LogP contribution >= 0.6 is 11.3 Å². The third kappa shape index (κ3) is 4.61. The molecule has 0 fully saturated rings. The molecular weight excluding hydrogens is 382 g/mol. The number of amides is 2. The van der Waals surface area contributed by atoms with Crippen molar-refractivity contribution in [2.45, 2.75) is 27.2 Å². The van der Waals surface area contributed by atoms with Gasteiger partial charge in [0.2, 0.25) is 6.79 Å². The number of hydrazine groups is 1. The van der Waals surface area contributed by atoms with E-state index in [0.717, 1.165) is 22.4 Å². The Morgan fingerprint density at radius 3 is 2.75 bits per heavy atom. The number of carbonyl (C=O) groups excluding carboxylic acids is 2. The average molecular weight is 403 g/mol. The summed E-state index contributed by atoms with van der Waals surface area (Å²) in [6.07, 6.45) is 0.866. The van der Waals surface area contributed by atoms with Crippen LogP contribution in [0, 0.1) is 6.92 Å². The summed E-state index contributed by atoms with van der Waals surface area (Å²) in [6, 6.07) is 7.21. The molecule has 0 spiro atoms. The Labute approximate surface area is 166 Å². The Bertz CT molecular complexity index is 922. The summed E-state index contributed by atoms with van der Waals surface area (Å²) in [6.45, 7) is 5.61. The zero-order valence-electron chi connectivity index (χ0n) is 15.8. The highest BCUT2D eigenvalue weighted by molar-refractivity contribution is 7.14. The molecule has 0 unspecified atom stereocenters. The molecule has 9 heteroatoms. The van der Waals surface area contributed by atoms with E-state index in [1.54, 1.807) is 25.1 Å². The molecule has 28 heavy (non-hydrogen) atoms. The standard InChI is InChI=1S/C19H21N3O5S/c1-4-16-11(2)7-17(28-16)19(24)21-20-18(23)9-27-22-12(3)13-5-6-14-15(8-13)26-10-25-14/h5-8H,4,9-10H2,1-3H3,(H,20,23)(H,21,24)/b22-12-. The molecule has 3 rings (SSSR count). The van der Waals surface area contributed by atoms with E-state index in [1.807, 2.05) is 19.9 Å². The van der Waals surface area contributed by atoms with Crippen LogP contribution in [0.3, 0.4) is 0 Å². The van der Waals surface area contributed by atoms with E-state index in [4.69, 9.17) is 14.3 Å². The second-order valence-corrected chi connectivity index (χ2v) is 7.23. The molecule has 2 N–H and O–H groups in total. The molecule has 0 radical (unpaired) electrons. The zero-order valence-corrected chi connectivity index (χ0v) is 16.6. The second-order valence-electron chi connectivity index (χ2n) is 6.09. The number of benzene rings is 1. The van der Waals surface area contributed by atoms with Gasteiger partial charge in [0, 0.05) is 10.4 Å². The van der Waals surface area contributed by atoms with E-state index in [1.165, 1.54) is 11.3 Å². The summed E-state index contributed by atoms with van der Waals surface area (Å²) >= 11 is 1.41. The molecule has 0 atom stereocenters. The number of carbonyl (C=O) groups is 2. The fraction of sp³-hybridized carbons (Fsp3) is 0.316. The lowest BCUT2D eigenvalue weighted by Crippen LogP contribution is -2.42. The lowest BCUT2D eigenvalue weighted by atomic mass is 10.1. The lowest BCUT2D eigenvalue weighted by Gasteiger charge is -2.06. The smallest absolute Gasteiger partial charge is 0.279 e. The van der Waals surface area contributed by atoms with E-state index in [9.17, 15) is 9.59 Å². The number of nitrogens with one attached hydrogen (secondary N) is 2. The van der Waals surface area contributed by atoms with E-state index in [0.29, 0.717) is 22.1 Å². The molecular formula is C19H21N3O5S. The van der Waals surface area contributed by atoms with Gasteiger partial charge in [-0.15, -0.1) is 11.3 Å². The molecule has 0 bridgehead atoms. The molecule has 1 aromatic carbocycles. The van der Waals surface area contributed by atoms with Crippen LogP contribution < -0.4 is 20.3 Å². The average Bonchev–Trinajstić information content (AvgIpc) is 3.31. The van der Waals surface area contributed by atoms with Crippen molar-refractivity contribution < 1.29 is 23.9 Å². The minimum absolute atomic E-state index is 0.197. The maximum Gasteiger partial charge on any atom is 0.279 e. The molecule has 1 aliphatic heterocycles. The molecule has 2 amide bonds. The van der Waals surface area contributed by atoms with Crippen molar-refractivity contribution >= 4 is 28.9 Å². The minimum Gasteiger partial charge on any atom is -0.454 e. The minimum atomic E-state index is -0.514. The molecule has 1 aromatic heterocycles. The number of hydrogen-bond acceptors (Lipinski definition) is 7. The first-order valence-corrected chi connectivity index (χ1v) is 9.54. The topological polar surface area (TPSA) is 98.3 Å². The van der Waals surface area contributed by atoms with Gasteiger partial charge in [-0.25, -0.2) is 0 Å². The van der Waals surface area contributed by atoms with Crippen molar-refractivity contribution in [3.63, 3.8) is 0 Å². The van der Waals surface area contributed by atoms with Gasteiger partial charge in [-0.3, -0.25) is 20.4 Å². The fourth-order valence-corrected chi connectivity index (χ4v) is 3.58. The van der Waals surface area contributed by atoms with Crippen LogP contribution in [0.15, 0.2) is 29.4 Å². The number of rotatable bonds is 6. The van der Waals surface area contributed by atoms with E-state index < -0.39 is 5.91 Å². The van der Waals surface area contributed by atoms with Gasteiger partial charge in [0.1, 0.15) is 0 Å². The molecule has 8 nitrogen and oxygen atoms in total. The van der Waals surface area contributed by atoms with Gasteiger partial charge in [0.25, 0.3) is 11.8 Å². The first-order chi connectivity index (χ1) is 13.5. The number of oxime groups is 1. The van der Waals surface area contributed by atoms with Crippen LogP contribution in [0.2, 0.25) is 0 Å². The molecule has 1 aliphatic rings. The summed E-state index contributed by atoms with van der Waals surface area (Å²) in [4.78, 5) is 30.7. The van der Waals surface area contributed by atoms with Crippen LogP contribution in [-0.2, 0) is 16.1 Å². The summed E-state index contributed by atoms with van der Waals surface area (Å²) in [5, 5.41) is 3.92. The maximum atomic E-state index is 12.1. The van der Waals surface area contributed by atoms with Crippen molar-refractivity contribution in [2.75, 3.05) is 13.4 Å². The zero-order chi connectivity index (χ0) is 20.1. The third-order valence-electron chi connectivity index (χ3n) is 4.07. The van der Waals surface area contributed by atoms with Crippen molar-refractivity contribution in [1.29, 1.82) is 0 Å². The highest BCUT2D eigenvalue weighted by Gasteiger charge is 2.15. The molecule has 0 saturated heterocycles. The monoisotopic (exact) mass is 403 g/mol. The predicted molar refractivity (Wildman–Crippen MR) is 105 cm³/mol. The van der Waals surface area contributed by atoms with Crippen LogP contribution in [0.5, 0.6) is 11.5 Å². The number of fused-ring (bicyclic) bond motifs is 1. The predicted octanol–water partition coefficient (Wildman–Crippen LogP) is 2.55. The number of nitrogens with zero attached hydrogens (tertiary/aromatic N) is 1. The first kappa shape index (κ1) is 19.7. The van der Waals surface area contributed by atoms with Gasteiger partial charge < -0.3 is 14.3 Å². The van der Waals surface area contributed by atoms with Crippen molar-refractivity contribution in [3.05, 3.63) is 45.1 Å². The summed E-state index contributed by atoms with van der Waals surface area (Å²) in [5.74, 6) is 0.447. The molecule has 2 aromatic rings. The van der Waals surface area contributed by atoms with Gasteiger partial charge >= 0.3 is 0 Å². The third-order valence-corrected chi connectivity index (χ3v) is 5.45. The van der Waals surface area contributed by atoms with Gasteiger partial charge in [-0.2, -0.15) is 0 Å². The van der Waals surface area contributed by atoms with Crippen LogP contribution in [0.1, 0.15) is 39.5 Å². The number of thiophene rings is 1. The largest absolute Gasteiger partial charge is 0.454 e. The second kappa shape index (κ2) is 8.75. The maximum absolute atomic E-state index is 12.1. The normalized spacial score (nSPS) is 12.6. The Balaban J connectivity index is 1.46. The lowest BCUT2D eigenvalue weighted by molar-refractivity contribution is -0.126. The highest BCUT2D eigenvalue weighted by Crippen LogP contribution is 2.32. The Morgan fingerprint density at radius 1 is 1.21 bits per heavy atom. The van der Waals surface area contributed by atoms with Crippen molar-refractivity contribution in [2.24, 2.45) is 5.16 Å². The van der Waals surface area contributed by atoms with Gasteiger partial charge in [0.05, 0.1) is 10.6 Å². The van der Waals surface area contributed by atoms with Crippen LogP contribution in [0.25, 0.3) is 0 Å². The van der Waals surface area contributed by atoms with E-state index in [2.05, 4.69) is 16.0 Å². The Hall–Kier alpha value is -3.07. The fourth-order valence-electron chi connectivity index (χ4n) is 2.57. The van der Waals surface area contributed by atoms with Crippen LogP contribution in [0.4, 0.5) is 0 Å². The quantitative estimate of drug-likeness (QED) is 0.571. The Kier molecular flexibility index (Phi) is 6.15. The summed E-state index contributed by atoms with van der Waals surface area (Å²) in [5.41, 5.74) is 7.13. The number of ether oxygens (including phenoxy) is 2. The number of hydrogen-bond donors (Lipinski definition) is 2. The van der Waals surface area contributed by atoms with E-state index >= 15 is 0 Å². The summed E-state index contributed by atoms with van der Waals surface area (Å²) in [7, 11) is 0. The molecule has 0 aliphatic carbocycles. The van der Waals surface area contributed by atoms with Gasteiger partial charge in [-0.05, 0) is 50.1 Å². The van der Waals surface area contributed by atoms with Crippen molar-refractivity contribution in [3.8, 4) is 11.5 Å². The SMILES string of the molecule is CCc1sc(C(=O)NNC(=O)CO/N=C(/C)c2ccc3c(c2)OCO3)cc1C.